The highest BCUT2D eigenvalue weighted by atomic mass is 35.5. The van der Waals surface area contributed by atoms with Gasteiger partial charge in [-0.2, -0.15) is 0 Å². The van der Waals surface area contributed by atoms with Crippen LogP contribution in [0.4, 0.5) is 11.4 Å². The van der Waals surface area contributed by atoms with Crippen molar-refractivity contribution in [2.24, 2.45) is 0 Å². The summed E-state index contributed by atoms with van der Waals surface area (Å²) in [7, 11) is 3.28. The van der Waals surface area contributed by atoms with Crippen LogP contribution in [-0.4, -0.2) is 49.6 Å². The number of ether oxygens (including phenoxy) is 1. The molecule has 1 aliphatic heterocycles. The van der Waals surface area contributed by atoms with Crippen LogP contribution in [0.25, 0.3) is 43.5 Å². The van der Waals surface area contributed by atoms with Gasteiger partial charge in [0.1, 0.15) is 11.2 Å². The smallest absolute Gasteiger partial charge is 0.488 e. The summed E-state index contributed by atoms with van der Waals surface area (Å²) in [5.41, 5.74) is 8.35. The molecule has 2 radical (unpaired) electrons. The van der Waals surface area contributed by atoms with E-state index in [1.165, 1.54) is 49.2 Å². The average molecular weight is 809 g/mol. The molecule has 1 aliphatic rings. The molecular weight excluding hydrogens is 774 g/mol. The van der Waals surface area contributed by atoms with Gasteiger partial charge in [-0.25, -0.2) is 9.59 Å². The van der Waals surface area contributed by atoms with Crippen LogP contribution < -0.4 is 32.4 Å². The second-order valence-electron chi connectivity index (χ2n) is 13.0. The van der Waals surface area contributed by atoms with Gasteiger partial charge in [0, 0.05) is 46.5 Å². The molecule has 1 fully saturated rings. The van der Waals surface area contributed by atoms with Gasteiger partial charge in [0.2, 0.25) is 0 Å². The Kier molecular flexibility index (Phi) is 14.0. The number of rotatable bonds is 5. The summed E-state index contributed by atoms with van der Waals surface area (Å²) in [6.45, 7) is 2.00. The summed E-state index contributed by atoms with van der Waals surface area (Å²) < 4.78 is 19.9. The van der Waals surface area contributed by atoms with Gasteiger partial charge in [-0.3, -0.25) is 9.59 Å². The van der Waals surface area contributed by atoms with Crippen LogP contribution in [0.2, 0.25) is 0 Å². The molecule has 0 aliphatic carbocycles. The summed E-state index contributed by atoms with van der Waals surface area (Å²) in [5, 5.41) is 24.8. The first-order valence-electron chi connectivity index (χ1n) is 18.2. The zero-order valence-electron chi connectivity index (χ0n) is 31.3. The van der Waals surface area contributed by atoms with Gasteiger partial charge in [-0.15, -0.1) is 0 Å². The quantitative estimate of drug-likeness (QED) is 0.0474. The Labute approximate surface area is 343 Å². The third-order valence-corrected chi connectivity index (χ3v) is 9.25. The van der Waals surface area contributed by atoms with E-state index in [0.717, 1.165) is 34.8 Å². The number of amides is 1. The van der Waals surface area contributed by atoms with E-state index >= 15 is 0 Å². The number of anilines is 2. The number of hydrogen-bond acceptors (Lipinski definition) is 11. The number of benzene rings is 6. The van der Waals surface area contributed by atoms with E-state index in [1.807, 2.05) is 36.4 Å². The number of halogens is 1. The lowest BCUT2D eigenvalue weighted by molar-refractivity contribution is 0.102. The lowest BCUT2D eigenvalue weighted by Gasteiger charge is -2.08. The molecule has 15 heteroatoms. The van der Waals surface area contributed by atoms with Crippen molar-refractivity contribution in [1.82, 2.24) is 0 Å². The molecule has 0 spiro atoms. The lowest BCUT2D eigenvalue weighted by Crippen LogP contribution is -2.29. The van der Waals surface area contributed by atoms with Gasteiger partial charge < -0.3 is 39.3 Å². The Morgan fingerprint density at radius 3 is 1.66 bits per heavy atom. The number of carbonyl (C=O) groups excluding carboxylic acids is 2. The maximum absolute atomic E-state index is 12.4. The van der Waals surface area contributed by atoms with Crippen molar-refractivity contribution in [3.8, 4) is 5.75 Å². The normalized spacial score (nSPS) is 11.7. The minimum atomic E-state index is -1.58. The van der Waals surface area contributed by atoms with Crippen LogP contribution in [-0.2, 0) is 4.74 Å². The summed E-state index contributed by atoms with van der Waals surface area (Å²) in [5.74, 6) is 0.154. The molecule has 1 amide bonds. The third-order valence-electron chi connectivity index (χ3n) is 9.04. The Morgan fingerprint density at radius 1 is 0.661 bits per heavy atom. The van der Waals surface area contributed by atoms with Crippen LogP contribution in [0.15, 0.2) is 152 Å². The van der Waals surface area contributed by atoms with Crippen LogP contribution in [0.5, 0.6) is 5.75 Å². The van der Waals surface area contributed by atoms with Crippen molar-refractivity contribution >= 4 is 98.2 Å². The van der Waals surface area contributed by atoms with Crippen molar-refractivity contribution in [3.05, 3.63) is 165 Å². The Morgan fingerprint density at radius 2 is 1.17 bits per heavy atom. The highest BCUT2D eigenvalue weighted by Crippen LogP contribution is 2.26. The molecule has 1 saturated heterocycles. The maximum atomic E-state index is 12.4. The highest BCUT2D eigenvalue weighted by Gasteiger charge is 2.14. The van der Waals surface area contributed by atoms with Gasteiger partial charge >= 0.3 is 26.4 Å². The van der Waals surface area contributed by atoms with Gasteiger partial charge in [0.15, 0.2) is 0 Å². The second-order valence-corrected chi connectivity index (χ2v) is 13.4. The fourth-order valence-electron chi connectivity index (χ4n) is 6.04. The van der Waals surface area contributed by atoms with Gasteiger partial charge in [0.25, 0.3) is 11.1 Å². The molecule has 2 aromatic heterocycles. The zero-order valence-corrected chi connectivity index (χ0v) is 32.1. The van der Waals surface area contributed by atoms with E-state index < -0.39 is 18.0 Å². The zero-order chi connectivity index (χ0) is 41.9. The minimum absolute atomic E-state index is 0.304. The predicted octanol–water partition coefficient (Wildman–Crippen LogP) is 6.73. The van der Waals surface area contributed by atoms with Crippen molar-refractivity contribution in [1.29, 1.82) is 0 Å². The van der Waals surface area contributed by atoms with Crippen LogP contribution in [0, 0.1) is 0 Å². The number of nitrogen functional groups attached to an aromatic ring is 1. The van der Waals surface area contributed by atoms with Crippen LogP contribution in [0.3, 0.4) is 0 Å². The molecule has 12 nitrogen and oxygen atoms in total. The van der Waals surface area contributed by atoms with Crippen molar-refractivity contribution in [3.63, 3.8) is 0 Å². The molecule has 0 saturated carbocycles. The molecule has 5 N–H and O–H groups in total. The van der Waals surface area contributed by atoms with Crippen molar-refractivity contribution in [2.45, 2.75) is 12.8 Å². The number of nitrogens with one attached hydrogen (secondary N) is 1. The Bertz CT molecular complexity index is 2850. The fraction of sp³-hybridized carbons (Fsp3) is 0.0909. The summed E-state index contributed by atoms with van der Waals surface area (Å²) in [6.07, 6.45) is 2.56. The average Bonchev–Trinajstić information content (AvgIpc) is 3.86. The predicted molar refractivity (Wildman–Crippen MR) is 232 cm³/mol. The van der Waals surface area contributed by atoms with Gasteiger partial charge in [0.05, 0.1) is 16.5 Å². The Hall–Kier alpha value is -6.70. The third kappa shape index (κ3) is 10.6. The van der Waals surface area contributed by atoms with Crippen molar-refractivity contribution in [2.75, 3.05) is 24.3 Å². The largest absolute Gasteiger partial charge is 0.568 e. The standard InChI is InChI=1S/C20H14BNO5.C13H9NO2.C7H4BClO2.C4H8O/c23-19(12-5-7-13(8-6-12)21(25)26)22-14-9-10-18-17(11-14)15-3-1-2-4-16(15)20(24)27-18;14-8-5-6-12-11(7-8)9-3-1-2-4-10(9)13(15)16-12;8-11-6-3-1-5(2-4-6)7(9)10;1-2-4-5-3-1/h1-11,25-26H,(H,22,23);1-7H,14H2;1-4H;1-4H2. The molecule has 59 heavy (non-hydrogen) atoms. The summed E-state index contributed by atoms with van der Waals surface area (Å²) in [6, 6.07) is 37.0. The topological polar surface area (TPSA) is 192 Å². The van der Waals surface area contributed by atoms with E-state index in [4.69, 9.17) is 49.0 Å². The Balaban J connectivity index is 0.000000153. The molecule has 3 heterocycles. The number of hydrogen-bond donors (Lipinski definition) is 4. The highest BCUT2D eigenvalue weighted by molar-refractivity contribution is 6.67. The van der Waals surface area contributed by atoms with Gasteiger partial charge in [-0.05, 0) is 126 Å². The molecule has 0 atom stereocenters. The van der Waals surface area contributed by atoms with E-state index in [-0.39, 0.29) is 11.5 Å². The first-order valence-corrected chi connectivity index (χ1v) is 18.6. The van der Waals surface area contributed by atoms with Crippen LogP contribution in [0.1, 0.15) is 33.6 Å². The summed E-state index contributed by atoms with van der Waals surface area (Å²) in [4.78, 5) is 46.7. The number of carbonyl (C=O) groups is 2. The van der Waals surface area contributed by atoms with E-state index in [2.05, 4.69) is 9.97 Å². The van der Waals surface area contributed by atoms with E-state index in [9.17, 15) is 19.2 Å². The van der Waals surface area contributed by atoms with Crippen molar-refractivity contribution < 1.29 is 37.9 Å². The van der Waals surface area contributed by atoms with Gasteiger partial charge in [-0.1, -0.05) is 48.5 Å². The van der Waals surface area contributed by atoms with E-state index in [1.54, 1.807) is 60.7 Å². The molecular formula is C44H35B2ClN2O10. The molecule has 6 aromatic carbocycles. The van der Waals surface area contributed by atoms with E-state index in [0.29, 0.717) is 55.7 Å². The monoisotopic (exact) mass is 808 g/mol. The SMILES string of the molecule is C1CCOC1.Nc1ccc2oc(=O)c3ccccc3c2c1.O=C(Nc1ccc2oc(=O)c3ccccc3c2c1)c1ccc(B(O)O)cc1.[B]Oc1ccc(C(=O)Cl)cc1. The van der Waals surface area contributed by atoms with Crippen LogP contribution >= 0.6 is 11.6 Å². The summed E-state index contributed by atoms with van der Waals surface area (Å²) >= 11 is 5.19. The first-order chi connectivity index (χ1) is 28.5. The number of fused-ring (bicyclic) bond motifs is 6. The molecule has 0 bridgehead atoms. The lowest BCUT2D eigenvalue weighted by atomic mass is 9.80. The molecule has 9 rings (SSSR count). The molecule has 0 unspecified atom stereocenters. The molecule has 8 aromatic rings. The molecule has 294 valence electrons. The first kappa shape index (κ1) is 41.9. The fourth-order valence-corrected chi connectivity index (χ4v) is 6.17. The second kappa shape index (κ2) is 19.6. The number of nitrogens with two attached hydrogens (primary N) is 1. The minimum Gasteiger partial charge on any atom is -0.568 e. The maximum Gasteiger partial charge on any atom is 0.488 e.